The zero-order valence-electron chi connectivity index (χ0n) is 7.16. The topological polar surface area (TPSA) is 38.8 Å². The van der Waals surface area contributed by atoms with Crippen LogP contribution in [0.15, 0.2) is 0 Å². The van der Waals surface area contributed by atoms with Crippen molar-refractivity contribution in [2.24, 2.45) is 5.92 Å². The molecular formula is C8H14O3. The molecule has 0 amide bonds. The molecule has 1 heterocycles. The van der Waals surface area contributed by atoms with Gasteiger partial charge in [-0.2, -0.15) is 0 Å². The maximum atomic E-state index is 11.0. The van der Waals surface area contributed by atoms with Crippen LogP contribution >= 0.6 is 0 Å². The van der Waals surface area contributed by atoms with Crippen LogP contribution in [0.3, 0.4) is 0 Å². The molecule has 1 aliphatic heterocycles. The molecular weight excluding hydrogens is 144 g/mol. The minimum Gasteiger partial charge on any atom is -0.464 e. The van der Waals surface area contributed by atoms with Gasteiger partial charge >= 0.3 is 5.97 Å². The maximum absolute atomic E-state index is 11.0. The summed E-state index contributed by atoms with van der Waals surface area (Å²) in [5.41, 5.74) is 0. The number of ether oxygens (including phenoxy) is 2. The van der Waals surface area contributed by atoms with Crippen LogP contribution in [0, 0.1) is 5.92 Å². The van der Waals surface area contributed by atoms with Crippen LogP contribution in [0.25, 0.3) is 0 Å². The highest BCUT2D eigenvalue weighted by atomic mass is 16.6. The molecule has 2 atom stereocenters. The Bertz CT molecular complexity index is 153. The Morgan fingerprint density at radius 2 is 2.27 bits per heavy atom. The summed E-state index contributed by atoms with van der Waals surface area (Å²) in [5.74, 6) is 0.190. The Kier molecular flexibility index (Phi) is 2.49. The van der Waals surface area contributed by atoms with Crippen LogP contribution in [0.1, 0.15) is 20.8 Å². The van der Waals surface area contributed by atoms with E-state index in [0.717, 1.165) is 0 Å². The first-order valence-corrected chi connectivity index (χ1v) is 3.99. The van der Waals surface area contributed by atoms with Gasteiger partial charge in [-0.05, 0) is 12.8 Å². The molecule has 11 heavy (non-hydrogen) atoms. The molecule has 3 nitrogen and oxygen atoms in total. The second-order valence-electron chi connectivity index (χ2n) is 3.02. The summed E-state index contributed by atoms with van der Waals surface area (Å²) in [7, 11) is 0. The first kappa shape index (κ1) is 8.53. The third kappa shape index (κ3) is 1.93. The Balaban J connectivity index is 2.26. The van der Waals surface area contributed by atoms with Gasteiger partial charge in [-0.1, -0.05) is 13.8 Å². The van der Waals surface area contributed by atoms with Crippen LogP contribution in [-0.4, -0.2) is 24.8 Å². The van der Waals surface area contributed by atoms with Crippen molar-refractivity contribution in [3.05, 3.63) is 0 Å². The number of rotatable bonds is 3. The number of carbonyl (C=O) groups excluding carboxylic acids is 1. The molecule has 0 aromatic heterocycles. The monoisotopic (exact) mass is 158 g/mol. The molecule has 0 aromatic rings. The number of esters is 1. The van der Waals surface area contributed by atoms with Gasteiger partial charge in [-0.25, -0.2) is 4.79 Å². The molecule has 3 heteroatoms. The first-order chi connectivity index (χ1) is 5.16. The molecule has 1 rings (SSSR count). The average molecular weight is 158 g/mol. The molecule has 0 aromatic carbocycles. The zero-order valence-corrected chi connectivity index (χ0v) is 7.16. The lowest BCUT2D eigenvalue weighted by molar-refractivity contribution is -0.144. The highest BCUT2D eigenvalue weighted by Crippen LogP contribution is 2.29. The maximum Gasteiger partial charge on any atom is 0.338 e. The number of hydrogen-bond donors (Lipinski definition) is 0. The standard InChI is InChI=1S/C8H14O3/c1-4-10-8(9)7-6(11-7)5(2)3/h5-7H,4H2,1-3H3/t6-,7+/m0/s1. The van der Waals surface area contributed by atoms with E-state index in [0.29, 0.717) is 12.5 Å². The Hall–Kier alpha value is -0.570. The van der Waals surface area contributed by atoms with Crippen molar-refractivity contribution in [1.29, 1.82) is 0 Å². The van der Waals surface area contributed by atoms with Crippen molar-refractivity contribution in [2.45, 2.75) is 33.0 Å². The molecule has 0 saturated carbocycles. The largest absolute Gasteiger partial charge is 0.464 e. The van der Waals surface area contributed by atoms with Crippen molar-refractivity contribution in [1.82, 2.24) is 0 Å². The summed E-state index contributed by atoms with van der Waals surface area (Å²) in [5, 5.41) is 0. The van der Waals surface area contributed by atoms with E-state index in [1.54, 1.807) is 6.92 Å². The van der Waals surface area contributed by atoms with Gasteiger partial charge in [0.15, 0.2) is 6.10 Å². The summed E-state index contributed by atoms with van der Waals surface area (Å²) in [6.07, 6.45) is -0.191. The number of carbonyl (C=O) groups is 1. The Labute approximate surface area is 66.7 Å². The van der Waals surface area contributed by atoms with Gasteiger partial charge in [-0.3, -0.25) is 0 Å². The minimum atomic E-state index is -0.282. The van der Waals surface area contributed by atoms with Crippen molar-refractivity contribution in [3.8, 4) is 0 Å². The molecule has 1 saturated heterocycles. The van der Waals surface area contributed by atoms with E-state index >= 15 is 0 Å². The predicted octanol–water partition coefficient (Wildman–Crippen LogP) is 0.973. The van der Waals surface area contributed by atoms with Crippen LogP contribution in [0.4, 0.5) is 0 Å². The lowest BCUT2D eigenvalue weighted by Crippen LogP contribution is -2.15. The van der Waals surface area contributed by atoms with Crippen LogP contribution in [-0.2, 0) is 14.3 Å². The van der Waals surface area contributed by atoms with Crippen LogP contribution in [0.2, 0.25) is 0 Å². The third-order valence-corrected chi connectivity index (χ3v) is 1.70. The summed E-state index contributed by atoms with van der Waals surface area (Å²) in [6, 6.07) is 0. The molecule has 0 aliphatic carbocycles. The van der Waals surface area contributed by atoms with E-state index in [-0.39, 0.29) is 18.2 Å². The van der Waals surface area contributed by atoms with Crippen molar-refractivity contribution in [3.63, 3.8) is 0 Å². The normalized spacial score (nSPS) is 28.7. The van der Waals surface area contributed by atoms with E-state index < -0.39 is 0 Å². The van der Waals surface area contributed by atoms with Gasteiger partial charge in [-0.15, -0.1) is 0 Å². The molecule has 0 spiro atoms. The molecule has 1 aliphatic rings. The molecule has 64 valence electrons. The number of epoxide rings is 1. The summed E-state index contributed by atoms with van der Waals surface area (Å²) in [6.45, 7) is 6.29. The van der Waals surface area contributed by atoms with Gasteiger partial charge in [0.25, 0.3) is 0 Å². The second-order valence-corrected chi connectivity index (χ2v) is 3.02. The van der Waals surface area contributed by atoms with E-state index in [4.69, 9.17) is 9.47 Å². The summed E-state index contributed by atoms with van der Waals surface area (Å²) in [4.78, 5) is 11.0. The third-order valence-electron chi connectivity index (χ3n) is 1.70. The Morgan fingerprint density at radius 3 is 2.64 bits per heavy atom. The highest BCUT2D eigenvalue weighted by Gasteiger charge is 2.47. The van der Waals surface area contributed by atoms with Crippen LogP contribution in [0.5, 0.6) is 0 Å². The highest BCUT2D eigenvalue weighted by molar-refractivity contribution is 5.78. The molecule has 0 N–H and O–H groups in total. The fourth-order valence-electron chi connectivity index (χ4n) is 1.04. The van der Waals surface area contributed by atoms with E-state index in [9.17, 15) is 4.79 Å². The van der Waals surface area contributed by atoms with Crippen molar-refractivity contribution < 1.29 is 14.3 Å². The SMILES string of the molecule is CCOC(=O)[C@@H]1O[C@H]1C(C)C. The number of hydrogen-bond acceptors (Lipinski definition) is 3. The summed E-state index contributed by atoms with van der Waals surface area (Å²) >= 11 is 0. The lowest BCUT2D eigenvalue weighted by Gasteiger charge is -1.98. The second kappa shape index (κ2) is 3.22. The molecule has 0 bridgehead atoms. The first-order valence-electron chi connectivity index (χ1n) is 3.99. The summed E-state index contributed by atoms with van der Waals surface area (Å²) < 4.78 is 9.90. The van der Waals surface area contributed by atoms with E-state index in [1.165, 1.54) is 0 Å². The van der Waals surface area contributed by atoms with Gasteiger partial charge in [0.05, 0.1) is 12.7 Å². The fourth-order valence-corrected chi connectivity index (χ4v) is 1.04. The van der Waals surface area contributed by atoms with E-state index in [1.807, 2.05) is 13.8 Å². The lowest BCUT2D eigenvalue weighted by atomic mass is 10.1. The van der Waals surface area contributed by atoms with Crippen molar-refractivity contribution in [2.75, 3.05) is 6.61 Å². The minimum absolute atomic E-state index is 0.0917. The molecule has 1 fully saturated rings. The van der Waals surface area contributed by atoms with Gasteiger partial charge in [0.2, 0.25) is 0 Å². The van der Waals surface area contributed by atoms with Crippen LogP contribution < -0.4 is 0 Å². The predicted molar refractivity (Wildman–Crippen MR) is 40.1 cm³/mol. The molecule has 0 unspecified atom stereocenters. The van der Waals surface area contributed by atoms with Gasteiger partial charge < -0.3 is 9.47 Å². The van der Waals surface area contributed by atoms with Gasteiger partial charge in [0, 0.05) is 0 Å². The fraction of sp³-hybridized carbons (Fsp3) is 0.875. The quantitative estimate of drug-likeness (QED) is 0.454. The smallest absolute Gasteiger partial charge is 0.338 e. The van der Waals surface area contributed by atoms with Crippen molar-refractivity contribution >= 4 is 5.97 Å². The van der Waals surface area contributed by atoms with E-state index in [2.05, 4.69) is 0 Å². The average Bonchev–Trinajstić information content (AvgIpc) is 2.65. The molecule has 0 radical (unpaired) electrons. The van der Waals surface area contributed by atoms with Gasteiger partial charge in [0.1, 0.15) is 0 Å². The zero-order chi connectivity index (χ0) is 8.43. The Morgan fingerprint density at radius 1 is 1.64 bits per heavy atom.